The number of halogens is 3. The average molecular weight is 492 g/mol. The second-order valence-electron chi connectivity index (χ2n) is 6.72. The maximum absolute atomic E-state index is 14.3. The van der Waals surface area contributed by atoms with E-state index in [4.69, 9.17) is 11.6 Å². The highest BCUT2D eigenvalue weighted by molar-refractivity contribution is 9.10. The van der Waals surface area contributed by atoms with E-state index < -0.39 is 32.7 Å². The van der Waals surface area contributed by atoms with Gasteiger partial charge in [0.15, 0.2) is 0 Å². The lowest BCUT2D eigenvalue weighted by Crippen LogP contribution is -2.46. The maximum Gasteiger partial charge on any atom is 0.246 e. The Morgan fingerprint density at radius 3 is 2.43 bits per heavy atom. The van der Waals surface area contributed by atoms with Gasteiger partial charge >= 0.3 is 0 Å². The summed E-state index contributed by atoms with van der Waals surface area (Å²) < 4.78 is 41.6. The number of benzene rings is 2. The number of hydrogen-bond donors (Lipinski definition) is 1. The topological polar surface area (TPSA) is 66.5 Å². The SMILES string of the molecule is CC(C)C[C@H](C(=O)Nc1ccccc1)N(C)S(=O)(=O)c1cc(Br)c(Cl)cc1F. The molecule has 9 heteroatoms. The predicted molar refractivity (Wildman–Crippen MR) is 112 cm³/mol. The smallest absolute Gasteiger partial charge is 0.246 e. The van der Waals surface area contributed by atoms with E-state index in [2.05, 4.69) is 21.2 Å². The zero-order valence-electron chi connectivity index (χ0n) is 15.6. The fourth-order valence-electron chi connectivity index (χ4n) is 2.64. The molecule has 1 amide bonds. The van der Waals surface area contributed by atoms with Gasteiger partial charge in [-0.25, -0.2) is 12.8 Å². The molecule has 2 aromatic carbocycles. The summed E-state index contributed by atoms with van der Waals surface area (Å²) >= 11 is 8.94. The van der Waals surface area contributed by atoms with Crippen molar-refractivity contribution < 1.29 is 17.6 Å². The summed E-state index contributed by atoms with van der Waals surface area (Å²) in [6.07, 6.45) is 0.269. The molecule has 1 N–H and O–H groups in total. The van der Waals surface area contributed by atoms with Crippen molar-refractivity contribution in [2.75, 3.05) is 12.4 Å². The van der Waals surface area contributed by atoms with Gasteiger partial charge in [0.05, 0.1) is 5.02 Å². The highest BCUT2D eigenvalue weighted by Crippen LogP contribution is 2.30. The van der Waals surface area contributed by atoms with Crippen LogP contribution in [0.5, 0.6) is 0 Å². The van der Waals surface area contributed by atoms with Gasteiger partial charge in [-0.2, -0.15) is 4.31 Å². The summed E-state index contributed by atoms with van der Waals surface area (Å²) in [7, 11) is -3.01. The fraction of sp³-hybridized carbons (Fsp3) is 0.316. The molecule has 28 heavy (non-hydrogen) atoms. The van der Waals surface area contributed by atoms with E-state index in [1.807, 2.05) is 13.8 Å². The molecule has 0 unspecified atom stereocenters. The van der Waals surface area contributed by atoms with Gasteiger partial charge in [0.2, 0.25) is 15.9 Å². The van der Waals surface area contributed by atoms with E-state index in [1.165, 1.54) is 7.05 Å². The standard InChI is InChI=1S/C19H21BrClFN2O3S/c1-12(2)9-17(19(25)23-13-7-5-4-6-8-13)24(3)28(26,27)18-10-14(20)15(21)11-16(18)22/h4-8,10-12,17H,9H2,1-3H3,(H,23,25)/t17-/m1/s1. The number of carbonyl (C=O) groups is 1. The van der Waals surface area contributed by atoms with E-state index in [1.54, 1.807) is 30.3 Å². The number of para-hydroxylation sites is 1. The maximum atomic E-state index is 14.3. The van der Waals surface area contributed by atoms with Gasteiger partial charge in [-0.05, 0) is 52.5 Å². The Morgan fingerprint density at radius 1 is 1.25 bits per heavy atom. The van der Waals surface area contributed by atoms with E-state index >= 15 is 0 Å². The normalized spacial score (nSPS) is 13.0. The molecule has 0 saturated carbocycles. The van der Waals surface area contributed by atoms with Crippen LogP contribution >= 0.6 is 27.5 Å². The quantitative estimate of drug-likeness (QED) is 0.559. The lowest BCUT2D eigenvalue weighted by molar-refractivity contribution is -0.120. The van der Waals surface area contributed by atoms with Crippen LogP contribution in [0.25, 0.3) is 0 Å². The van der Waals surface area contributed by atoms with Crippen molar-refractivity contribution in [3.8, 4) is 0 Å². The lowest BCUT2D eigenvalue weighted by atomic mass is 10.0. The third kappa shape index (κ3) is 5.31. The van der Waals surface area contributed by atoms with Crippen LogP contribution in [0.4, 0.5) is 10.1 Å². The van der Waals surface area contributed by atoms with E-state index in [-0.39, 0.29) is 21.8 Å². The van der Waals surface area contributed by atoms with Crippen molar-refractivity contribution in [3.63, 3.8) is 0 Å². The first kappa shape index (κ1) is 22.8. The molecular weight excluding hydrogens is 471 g/mol. The molecule has 152 valence electrons. The molecule has 2 rings (SSSR count). The van der Waals surface area contributed by atoms with Crippen LogP contribution in [0.15, 0.2) is 51.8 Å². The molecule has 1 atom stereocenters. The van der Waals surface area contributed by atoms with E-state index in [0.717, 1.165) is 16.4 Å². The Hall–Kier alpha value is -1.48. The lowest BCUT2D eigenvalue weighted by Gasteiger charge is -2.28. The van der Waals surface area contributed by atoms with Crippen molar-refractivity contribution in [3.05, 3.63) is 57.8 Å². The van der Waals surface area contributed by atoms with Crippen molar-refractivity contribution in [1.29, 1.82) is 0 Å². The summed E-state index contributed by atoms with van der Waals surface area (Å²) in [5.74, 6) is -1.43. The summed E-state index contributed by atoms with van der Waals surface area (Å²) in [6, 6.07) is 9.74. The summed E-state index contributed by atoms with van der Waals surface area (Å²) in [5.41, 5.74) is 0.549. The molecule has 0 fully saturated rings. The molecule has 2 aromatic rings. The van der Waals surface area contributed by atoms with Crippen molar-refractivity contribution in [1.82, 2.24) is 4.31 Å². The van der Waals surface area contributed by atoms with Crippen LogP contribution in [0.2, 0.25) is 5.02 Å². The first-order chi connectivity index (χ1) is 13.0. The molecule has 0 heterocycles. The number of hydrogen-bond acceptors (Lipinski definition) is 3. The van der Waals surface area contributed by atoms with Gasteiger partial charge in [0.1, 0.15) is 16.8 Å². The zero-order chi connectivity index (χ0) is 21.1. The molecule has 0 spiro atoms. The van der Waals surface area contributed by atoms with E-state index in [0.29, 0.717) is 5.69 Å². The summed E-state index contributed by atoms with van der Waals surface area (Å²) in [5, 5.41) is 2.77. The predicted octanol–water partition coefficient (Wildman–Crippen LogP) is 4.92. The Kier molecular flexibility index (Phi) is 7.61. The monoisotopic (exact) mass is 490 g/mol. The summed E-state index contributed by atoms with van der Waals surface area (Å²) in [6.45, 7) is 3.76. The number of rotatable bonds is 7. The number of carbonyl (C=O) groups excluding carboxylic acids is 1. The number of nitrogens with one attached hydrogen (secondary N) is 1. The molecule has 0 saturated heterocycles. The molecule has 0 aliphatic carbocycles. The first-order valence-corrected chi connectivity index (χ1v) is 11.1. The first-order valence-electron chi connectivity index (χ1n) is 8.52. The molecule has 0 aliphatic rings. The van der Waals surface area contributed by atoms with Gasteiger partial charge in [0.25, 0.3) is 0 Å². The second kappa shape index (κ2) is 9.35. The van der Waals surface area contributed by atoms with Gasteiger partial charge in [-0.3, -0.25) is 4.79 Å². The van der Waals surface area contributed by atoms with Crippen molar-refractivity contribution in [2.45, 2.75) is 31.2 Å². The Labute approximate surface area is 178 Å². The molecular formula is C19H21BrClFN2O3S. The van der Waals surface area contributed by atoms with Crippen LogP contribution in [-0.2, 0) is 14.8 Å². The van der Waals surface area contributed by atoms with Crippen LogP contribution in [0.3, 0.4) is 0 Å². The number of likely N-dealkylation sites (N-methyl/N-ethyl adjacent to an activating group) is 1. The Bertz CT molecular complexity index is 955. The van der Waals surface area contributed by atoms with Gasteiger partial charge < -0.3 is 5.32 Å². The number of nitrogens with zero attached hydrogens (tertiary/aromatic N) is 1. The van der Waals surface area contributed by atoms with Gasteiger partial charge in [0, 0.05) is 17.2 Å². The highest BCUT2D eigenvalue weighted by Gasteiger charge is 2.35. The summed E-state index contributed by atoms with van der Waals surface area (Å²) in [4.78, 5) is 12.3. The van der Waals surface area contributed by atoms with Crippen LogP contribution < -0.4 is 5.32 Å². The van der Waals surface area contributed by atoms with Gasteiger partial charge in [-0.1, -0.05) is 43.6 Å². The fourth-order valence-corrected chi connectivity index (χ4v) is 4.68. The number of anilines is 1. The van der Waals surface area contributed by atoms with Crippen LogP contribution in [0.1, 0.15) is 20.3 Å². The molecule has 0 aliphatic heterocycles. The van der Waals surface area contributed by atoms with E-state index in [9.17, 15) is 17.6 Å². The Morgan fingerprint density at radius 2 is 1.86 bits per heavy atom. The minimum atomic E-state index is -4.28. The average Bonchev–Trinajstić information content (AvgIpc) is 2.62. The highest BCUT2D eigenvalue weighted by atomic mass is 79.9. The van der Waals surface area contributed by atoms with Crippen LogP contribution in [0, 0.1) is 11.7 Å². The molecule has 0 aromatic heterocycles. The third-order valence-corrected chi connectivity index (χ3v) is 7.19. The van der Waals surface area contributed by atoms with Crippen molar-refractivity contribution in [2.24, 2.45) is 5.92 Å². The molecule has 0 bridgehead atoms. The largest absolute Gasteiger partial charge is 0.325 e. The van der Waals surface area contributed by atoms with Gasteiger partial charge in [-0.15, -0.1) is 0 Å². The second-order valence-corrected chi connectivity index (χ2v) is 9.95. The molecule has 5 nitrogen and oxygen atoms in total. The zero-order valence-corrected chi connectivity index (χ0v) is 18.8. The minimum Gasteiger partial charge on any atom is -0.325 e. The molecule has 0 radical (unpaired) electrons. The van der Waals surface area contributed by atoms with Crippen molar-refractivity contribution >= 4 is 49.1 Å². The van der Waals surface area contributed by atoms with Crippen LogP contribution in [-0.4, -0.2) is 31.7 Å². The Balaban J connectivity index is 2.39. The minimum absolute atomic E-state index is 0.0333. The third-order valence-electron chi connectivity index (χ3n) is 4.11. The number of amides is 1. The number of sulfonamides is 1.